The summed E-state index contributed by atoms with van der Waals surface area (Å²) in [6, 6.07) is 17.3. The summed E-state index contributed by atoms with van der Waals surface area (Å²) in [4.78, 5) is 17.7. The third kappa shape index (κ3) is 3.97. The highest BCUT2D eigenvalue weighted by atomic mass is 16.5. The first-order valence-corrected chi connectivity index (χ1v) is 14.0. The standard InChI is InChI=1S/C32H40N4O2/c1-22(13-15-31-17-19-35(3)29(31)33-26-11-7-5-9-24(26)31)21-38-28(37)23(2)14-16-32-18-20-36(4)30(32)34-27-12-8-6-10-25(27)32/h5-14,29-30,33-34H,15-21H2,1-4H3. The van der Waals surface area contributed by atoms with Crippen LogP contribution in [0.1, 0.15) is 50.7 Å². The van der Waals surface area contributed by atoms with Gasteiger partial charge in [-0.05, 0) is 82.5 Å². The molecule has 6 rings (SSSR count). The second-order valence-corrected chi connectivity index (χ2v) is 11.9. The average molecular weight is 513 g/mol. The van der Waals surface area contributed by atoms with Gasteiger partial charge < -0.3 is 15.4 Å². The summed E-state index contributed by atoms with van der Waals surface area (Å²) in [5.41, 5.74) is 7.10. The fourth-order valence-electron chi connectivity index (χ4n) is 7.34. The van der Waals surface area contributed by atoms with E-state index in [1.165, 1.54) is 22.5 Å². The van der Waals surface area contributed by atoms with Crippen LogP contribution in [0.5, 0.6) is 0 Å². The highest BCUT2D eigenvalue weighted by Crippen LogP contribution is 2.51. The van der Waals surface area contributed by atoms with Gasteiger partial charge in [0.1, 0.15) is 6.61 Å². The number of fused-ring (bicyclic) bond motifs is 6. The van der Waals surface area contributed by atoms with Crippen LogP contribution in [0, 0.1) is 0 Å². The molecule has 0 aliphatic carbocycles. The minimum atomic E-state index is -0.221. The molecule has 4 unspecified atom stereocenters. The van der Waals surface area contributed by atoms with Gasteiger partial charge in [-0.25, -0.2) is 4.79 Å². The summed E-state index contributed by atoms with van der Waals surface area (Å²) in [7, 11) is 4.38. The van der Waals surface area contributed by atoms with Gasteiger partial charge in [0.05, 0.1) is 12.3 Å². The minimum Gasteiger partial charge on any atom is -0.458 e. The van der Waals surface area contributed by atoms with Crippen LogP contribution < -0.4 is 10.6 Å². The lowest BCUT2D eigenvalue weighted by atomic mass is 9.76. The number of likely N-dealkylation sites (tertiary alicyclic amines) is 2. The zero-order valence-electron chi connectivity index (χ0n) is 23.1. The van der Waals surface area contributed by atoms with Gasteiger partial charge in [0, 0.05) is 40.9 Å². The molecule has 0 spiro atoms. The SMILES string of the molecule is CC(=CCC12CCN(C)C1Nc1ccccc12)COC(=O)C(C)=CCC12CCN(C)C1Nc1ccccc12. The second kappa shape index (κ2) is 9.58. The van der Waals surface area contributed by atoms with E-state index in [2.05, 4.69) is 102 Å². The number of esters is 1. The molecular formula is C32H40N4O2. The van der Waals surface area contributed by atoms with Crippen molar-refractivity contribution < 1.29 is 9.53 Å². The van der Waals surface area contributed by atoms with Gasteiger partial charge in [-0.2, -0.15) is 0 Å². The number of ether oxygens (including phenoxy) is 1. The molecule has 2 saturated heterocycles. The first kappa shape index (κ1) is 25.2. The van der Waals surface area contributed by atoms with Crippen molar-refractivity contribution in [2.45, 2.75) is 62.7 Å². The van der Waals surface area contributed by atoms with E-state index >= 15 is 0 Å². The van der Waals surface area contributed by atoms with E-state index < -0.39 is 0 Å². The van der Waals surface area contributed by atoms with Crippen LogP contribution in [0.2, 0.25) is 0 Å². The molecule has 0 radical (unpaired) electrons. The highest BCUT2D eigenvalue weighted by Gasteiger charge is 2.52. The molecule has 0 aromatic heterocycles. The lowest BCUT2D eigenvalue weighted by Gasteiger charge is -2.30. The van der Waals surface area contributed by atoms with E-state index in [1.54, 1.807) is 0 Å². The predicted octanol–water partition coefficient (Wildman–Crippen LogP) is 5.25. The van der Waals surface area contributed by atoms with Gasteiger partial charge in [-0.1, -0.05) is 48.6 Å². The Hall–Kier alpha value is -3.09. The Bertz CT molecular complexity index is 1300. The maximum atomic E-state index is 12.9. The molecule has 4 aliphatic heterocycles. The topological polar surface area (TPSA) is 56.8 Å². The van der Waals surface area contributed by atoms with Crippen molar-refractivity contribution in [2.24, 2.45) is 0 Å². The van der Waals surface area contributed by atoms with Gasteiger partial charge >= 0.3 is 5.97 Å². The van der Waals surface area contributed by atoms with E-state index in [0.29, 0.717) is 18.3 Å². The third-order valence-electron chi connectivity index (χ3n) is 9.60. The first-order valence-electron chi connectivity index (χ1n) is 14.0. The first-order chi connectivity index (χ1) is 18.3. The zero-order valence-corrected chi connectivity index (χ0v) is 23.1. The normalized spacial score (nSPS) is 30.3. The molecule has 0 saturated carbocycles. The number of nitrogens with one attached hydrogen (secondary N) is 2. The van der Waals surface area contributed by atoms with Crippen molar-refractivity contribution in [3.05, 3.63) is 83.0 Å². The minimum absolute atomic E-state index is 0.00139. The fraction of sp³-hybridized carbons (Fsp3) is 0.469. The van der Waals surface area contributed by atoms with Crippen LogP contribution in [0.3, 0.4) is 0 Å². The summed E-state index contributed by atoms with van der Waals surface area (Å²) in [6.45, 7) is 6.42. The smallest absolute Gasteiger partial charge is 0.333 e. The molecule has 6 nitrogen and oxygen atoms in total. The number of carbonyl (C=O) groups excluding carboxylic acids is 1. The number of hydrogen-bond acceptors (Lipinski definition) is 6. The maximum absolute atomic E-state index is 12.9. The monoisotopic (exact) mass is 512 g/mol. The lowest BCUT2D eigenvalue weighted by Crippen LogP contribution is -2.41. The van der Waals surface area contributed by atoms with Crippen molar-refractivity contribution >= 4 is 17.3 Å². The van der Waals surface area contributed by atoms with E-state index in [1.807, 2.05) is 6.92 Å². The van der Waals surface area contributed by atoms with Crippen molar-refractivity contribution in [2.75, 3.05) is 44.4 Å². The Labute approximate surface area is 226 Å². The van der Waals surface area contributed by atoms with E-state index in [-0.39, 0.29) is 23.0 Å². The number of carbonyl (C=O) groups is 1. The highest BCUT2D eigenvalue weighted by molar-refractivity contribution is 5.87. The number of hydrogen-bond donors (Lipinski definition) is 2. The largest absolute Gasteiger partial charge is 0.458 e. The molecule has 4 aliphatic rings. The Balaban J connectivity index is 1.10. The Morgan fingerprint density at radius 1 is 0.868 bits per heavy atom. The van der Waals surface area contributed by atoms with Crippen molar-refractivity contribution in [3.63, 3.8) is 0 Å². The van der Waals surface area contributed by atoms with Gasteiger partial charge in [0.15, 0.2) is 0 Å². The van der Waals surface area contributed by atoms with Crippen LogP contribution >= 0.6 is 0 Å². The van der Waals surface area contributed by atoms with Crippen molar-refractivity contribution in [1.29, 1.82) is 0 Å². The molecule has 200 valence electrons. The van der Waals surface area contributed by atoms with Crippen molar-refractivity contribution in [3.8, 4) is 0 Å². The van der Waals surface area contributed by atoms with Crippen LogP contribution in [0.4, 0.5) is 11.4 Å². The molecule has 0 bridgehead atoms. The fourth-order valence-corrected chi connectivity index (χ4v) is 7.34. The predicted molar refractivity (Wildman–Crippen MR) is 153 cm³/mol. The molecule has 0 amide bonds. The van der Waals surface area contributed by atoms with Crippen molar-refractivity contribution in [1.82, 2.24) is 9.80 Å². The summed E-state index contributed by atoms with van der Waals surface area (Å²) in [5, 5.41) is 7.44. The van der Waals surface area contributed by atoms with Gasteiger partial charge in [0.25, 0.3) is 0 Å². The van der Waals surface area contributed by atoms with Gasteiger partial charge in [0.2, 0.25) is 0 Å². The number of anilines is 2. The second-order valence-electron chi connectivity index (χ2n) is 11.9. The number of benzene rings is 2. The number of para-hydroxylation sites is 2. The summed E-state index contributed by atoms with van der Waals surface area (Å²) in [5.74, 6) is -0.221. The quantitative estimate of drug-likeness (QED) is 0.300. The van der Waals surface area contributed by atoms with Crippen LogP contribution in [-0.4, -0.2) is 61.9 Å². The number of allylic oxidation sites excluding steroid dienone is 2. The maximum Gasteiger partial charge on any atom is 0.333 e. The molecule has 2 aromatic rings. The lowest BCUT2D eigenvalue weighted by molar-refractivity contribution is -0.138. The van der Waals surface area contributed by atoms with Crippen LogP contribution in [-0.2, 0) is 20.4 Å². The molecule has 38 heavy (non-hydrogen) atoms. The average Bonchev–Trinajstić information content (AvgIpc) is 3.63. The Morgan fingerprint density at radius 2 is 1.37 bits per heavy atom. The molecule has 4 heterocycles. The third-order valence-corrected chi connectivity index (χ3v) is 9.60. The summed E-state index contributed by atoms with van der Waals surface area (Å²) >= 11 is 0. The summed E-state index contributed by atoms with van der Waals surface area (Å²) in [6.07, 6.45) is 8.91. The van der Waals surface area contributed by atoms with Gasteiger partial charge in [-0.15, -0.1) is 0 Å². The molecule has 6 heteroatoms. The molecule has 2 N–H and O–H groups in total. The molecular weight excluding hydrogens is 472 g/mol. The number of rotatable bonds is 7. The van der Waals surface area contributed by atoms with E-state index in [0.717, 1.165) is 44.3 Å². The number of nitrogens with zero attached hydrogens (tertiary/aromatic N) is 2. The van der Waals surface area contributed by atoms with Crippen LogP contribution in [0.15, 0.2) is 71.8 Å². The van der Waals surface area contributed by atoms with E-state index in [9.17, 15) is 4.79 Å². The molecule has 2 aromatic carbocycles. The number of likely N-dealkylation sites (N-methyl/N-ethyl adjacent to an activating group) is 2. The zero-order chi connectivity index (χ0) is 26.5. The van der Waals surface area contributed by atoms with Gasteiger partial charge in [-0.3, -0.25) is 9.80 Å². The van der Waals surface area contributed by atoms with Crippen LogP contribution in [0.25, 0.3) is 0 Å². The molecule has 4 atom stereocenters. The Kier molecular flexibility index (Phi) is 6.36. The van der Waals surface area contributed by atoms with E-state index in [4.69, 9.17) is 4.74 Å². The summed E-state index contributed by atoms with van der Waals surface area (Å²) < 4.78 is 5.77. The Morgan fingerprint density at radius 3 is 1.92 bits per heavy atom. The molecule has 2 fully saturated rings.